The molecule has 0 aliphatic rings. The van der Waals surface area contributed by atoms with Gasteiger partial charge in [-0.25, -0.2) is 0 Å². The van der Waals surface area contributed by atoms with E-state index >= 15 is 0 Å². The van der Waals surface area contributed by atoms with Gasteiger partial charge in [0.2, 0.25) is 0 Å². The van der Waals surface area contributed by atoms with E-state index in [2.05, 4.69) is 19.9 Å². The van der Waals surface area contributed by atoms with Crippen molar-refractivity contribution in [1.82, 2.24) is 0 Å². The van der Waals surface area contributed by atoms with Crippen molar-refractivity contribution in [1.29, 1.82) is 0 Å². The highest BCUT2D eigenvalue weighted by Gasteiger charge is 2.09. The molecule has 1 nitrogen and oxygen atoms in total. The number of aliphatic hydroxyl groups excluding tert-OH is 1. The Balaban J connectivity index is 2.41. The maximum Gasteiger partial charge on any atom is 0.0462 e. The van der Waals surface area contributed by atoms with Crippen LogP contribution >= 0.6 is 11.6 Å². The fourth-order valence-electron chi connectivity index (χ4n) is 2.07. The van der Waals surface area contributed by atoms with Gasteiger partial charge in [-0.05, 0) is 42.4 Å². The summed E-state index contributed by atoms with van der Waals surface area (Å²) in [6, 6.07) is 7.93. The lowest BCUT2D eigenvalue weighted by Gasteiger charge is -2.15. The van der Waals surface area contributed by atoms with Crippen LogP contribution in [0.5, 0.6) is 0 Å². The largest absolute Gasteiger partial charge is 0.396 e. The van der Waals surface area contributed by atoms with Gasteiger partial charge in [-0.1, -0.05) is 50.4 Å². The van der Waals surface area contributed by atoms with Crippen molar-refractivity contribution in [2.24, 2.45) is 11.8 Å². The van der Waals surface area contributed by atoms with Gasteiger partial charge < -0.3 is 5.11 Å². The predicted molar refractivity (Wildman–Crippen MR) is 74.4 cm³/mol. The van der Waals surface area contributed by atoms with Gasteiger partial charge in [-0.15, -0.1) is 0 Å². The minimum atomic E-state index is 0.268. The van der Waals surface area contributed by atoms with Gasteiger partial charge >= 0.3 is 0 Å². The Labute approximate surface area is 110 Å². The van der Waals surface area contributed by atoms with Crippen LogP contribution in [0.2, 0.25) is 5.02 Å². The van der Waals surface area contributed by atoms with Crippen molar-refractivity contribution < 1.29 is 5.11 Å². The third kappa shape index (κ3) is 6.09. The number of hydrogen-bond donors (Lipinski definition) is 1. The van der Waals surface area contributed by atoms with Crippen LogP contribution in [0.1, 0.15) is 38.7 Å². The number of benzene rings is 1. The Kier molecular flexibility index (Phi) is 6.61. The summed E-state index contributed by atoms with van der Waals surface area (Å²) < 4.78 is 0. The second kappa shape index (κ2) is 7.73. The summed E-state index contributed by atoms with van der Waals surface area (Å²) in [7, 11) is 0. The summed E-state index contributed by atoms with van der Waals surface area (Å²) in [5.74, 6) is 1.12. The molecule has 0 heterocycles. The first-order valence-electron chi connectivity index (χ1n) is 6.47. The summed E-state index contributed by atoms with van der Waals surface area (Å²) in [5, 5.41) is 10.2. The van der Waals surface area contributed by atoms with Gasteiger partial charge in [0.1, 0.15) is 0 Å². The molecule has 0 aliphatic heterocycles. The third-order valence-electron chi connectivity index (χ3n) is 3.07. The Morgan fingerprint density at radius 3 is 2.59 bits per heavy atom. The van der Waals surface area contributed by atoms with E-state index in [9.17, 15) is 5.11 Å². The van der Waals surface area contributed by atoms with Crippen molar-refractivity contribution in [3.63, 3.8) is 0 Å². The van der Waals surface area contributed by atoms with Crippen molar-refractivity contribution in [2.75, 3.05) is 6.61 Å². The Hall–Kier alpha value is -0.530. The van der Waals surface area contributed by atoms with Crippen LogP contribution < -0.4 is 0 Å². The van der Waals surface area contributed by atoms with Crippen molar-refractivity contribution in [3.8, 4) is 0 Å². The molecule has 0 radical (unpaired) electrons. The van der Waals surface area contributed by atoms with Crippen molar-refractivity contribution in [2.45, 2.75) is 39.5 Å². The molecule has 0 fully saturated rings. The zero-order valence-electron chi connectivity index (χ0n) is 10.8. The molecule has 2 heteroatoms. The average Bonchev–Trinajstić information content (AvgIpc) is 2.27. The highest BCUT2D eigenvalue weighted by Crippen LogP contribution is 2.19. The Morgan fingerprint density at radius 1 is 1.24 bits per heavy atom. The summed E-state index contributed by atoms with van der Waals surface area (Å²) in [4.78, 5) is 0. The van der Waals surface area contributed by atoms with Gasteiger partial charge in [0, 0.05) is 11.6 Å². The lowest BCUT2D eigenvalue weighted by Crippen LogP contribution is -2.10. The smallest absolute Gasteiger partial charge is 0.0462 e. The zero-order valence-corrected chi connectivity index (χ0v) is 11.6. The first-order chi connectivity index (χ1) is 8.11. The van der Waals surface area contributed by atoms with E-state index in [-0.39, 0.29) is 6.61 Å². The molecular formula is C15H23ClO. The fourth-order valence-corrected chi connectivity index (χ4v) is 2.28. The van der Waals surface area contributed by atoms with E-state index in [1.54, 1.807) is 0 Å². The molecule has 1 N–H and O–H groups in total. The molecular weight excluding hydrogens is 232 g/mol. The minimum Gasteiger partial charge on any atom is -0.396 e. The monoisotopic (exact) mass is 254 g/mol. The molecule has 0 bridgehead atoms. The second-order valence-electron chi connectivity index (χ2n) is 5.21. The average molecular weight is 255 g/mol. The number of rotatable bonds is 7. The minimum absolute atomic E-state index is 0.268. The van der Waals surface area contributed by atoms with E-state index in [1.165, 1.54) is 18.4 Å². The van der Waals surface area contributed by atoms with Crippen LogP contribution in [0.3, 0.4) is 0 Å². The quantitative estimate of drug-likeness (QED) is 0.769. The normalized spacial score (nSPS) is 13.0. The summed E-state index contributed by atoms with van der Waals surface area (Å²) in [6.45, 7) is 4.75. The van der Waals surface area contributed by atoms with Gasteiger partial charge in [0.25, 0.3) is 0 Å². The summed E-state index contributed by atoms with van der Waals surface area (Å²) >= 11 is 5.95. The molecule has 0 saturated heterocycles. The maximum atomic E-state index is 9.39. The van der Waals surface area contributed by atoms with E-state index in [4.69, 9.17) is 11.6 Å². The lowest BCUT2D eigenvalue weighted by molar-refractivity contribution is 0.213. The number of hydrogen-bond acceptors (Lipinski definition) is 1. The lowest BCUT2D eigenvalue weighted by atomic mass is 9.93. The van der Waals surface area contributed by atoms with Gasteiger partial charge in [0.15, 0.2) is 0 Å². The summed E-state index contributed by atoms with van der Waals surface area (Å²) in [5.41, 5.74) is 1.22. The zero-order chi connectivity index (χ0) is 12.7. The molecule has 96 valence electrons. The number of aliphatic hydroxyl groups is 1. The summed E-state index contributed by atoms with van der Waals surface area (Å²) in [6.07, 6.45) is 4.46. The maximum absolute atomic E-state index is 9.39. The molecule has 0 amide bonds. The van der Waals surface area contributed by atoms with E-state index in [0.717, 1.165) is 23.8 Å². The van der Waals surface area contributed by atoms with Crippen LogP contribution in [0, 0.1) is 11.8 Å². The topological polar surface area (TPSA) is 20.2 Å². The molecule has 1 atom stereocenters. The van der Waals surface area contributed by atoms with Crippen molar-refractivity contribution in [3.05, 3.63) is 34.9 Å². The molecule has 1 aromatic carbocycles. The molecule has 0 aliphatic carbocycles. The van der Waals surface area contributed by atoms with E-state index in [0.29, 0.717) is 5.92 Å². The van der Waals surface area contributed by atoms with Gasteiger partial charge in [0.05, 0.1) is 0 Å². The van der Waals surface area contributed by atoms with Crippen LogP contribution in [0.25, 0.3) is 0 Å². The third-order valence-corrected chi connectivity index (χ3v) is 3.30. The van der Waals surface area contributed by atoms with Gasteiger partial charge in [-0.3, -0.25) is 0 Å². The predicted octanol–water partition coefficient (Wildman–Crippen LogP) is 4.32. The molecule has 0 spiro atoms. The van der Waals surface area contributed by atoms with Crippen LogP contribution in [-0.4, -0.2) is 11.7 Å². The molecule has 1 unspecified atom stereocenters. The standard InChI is InChI=1S/C15H23ClO/c1-12(2)5-3-7-14(11-17)9-13-6-4-8-15(16)10-13/h4,6,8,10,12,14,17H,3,5,7,9,11H2,1-2H3. The first kappa shape index (κ1) is 14.5. The molecule has 1 aromatic rings. The van der Waals surface area contributed by atoms with Crippen LogP contribution in [0.15, 0.2) is 24.3 Å². The Bertz CT molecular complexity index is 322. The fraction of sp³-hybridized carbons (Fsp3) is 0.600. The SMILES string of the molecule is CC(C)CCCC(CO)Cc1cccc(Cl)c1. The molecule has 1 rings (SSSR count). The van der Waals surface area contributed by atoms with Crippen molar-refractivity contribution >= 4 is 11.6 Å². The second-order valence-corrected chi connectivity index (χ2v) is 5.64. The highest BCUT2D eigenvalue weighted by molar-refractivity contribution is 6.30. The van der Waals surface area contributed by atoms with E-state index < -0.39 is 0 Å². The molecule has 0 saturated carbocycles. The van der Waals surface area contributed by atoms with Crippen LogP contribution in [0.4, 0.5) is 0 Å². The van der Waals surface area contributed by atoms with Crippen LogP contribution in [-0.2, 0) is 6.42 Å². The Morgan fingerprint density at radius 2 is 2.00 bits per heavy atom. The molecule has 17 heavy (non-hydrogen) atoms. The first-order valence-corrected chi connectivity index (χ1v) is 6.85. The number of halogens is 1. The van der Waals surface area contributed by atoms with Gasteiger partial charge in [-0.2, -0.15) is 0 Å². The van der Waals surface area contributed by atoms with E-state index in [1.807, 2.05) is 18.2 Å². The molecule has 0 aromatic heterocycles. The highest BCUT2D eigenvalue weighted by atomic mass is 35.5.